The van der Waals surface area contributed by atoms with Gasteiger partial charge >= 0.3 is 0 Å². The molecule has 1 amide bonds. The zero-order valence-electron chi connectivity index (χ0n) is 20.0. The second-order valence-corrected chi connectivity index (χ2v) is 10.4. The Balaban J connectivity index is 1.74. The molecule has 1 atom stereocenters. The quantitative estimate of drug-likeness (QED) is 0.265. The Morgan fingerprint density at radius 1 is 1.09 bits per heavy atom. The van der Waals surface area contributed by atoms with E-state index in [-0.39, 0.29) is 11.2 Å². The number of hydrogen-bond acceptors (Lipinski definition) is 5. The number of thioether (sulfide) groups is 2. The highest BCUT2D eigenvalue weighted by atomic mass is 32.2. The first-order chi connectivity index (χ1) is 15.8. The number of hydrogen-bond donors (Lipinski definition) is 1. The fourth-order valence-electron chi connectivity index (χ4n) is 3.64. The Morgan fingerprint density at radius 2 is 1.76 bits per heavy atom. The molecule has 5 nitrogen and oxygen atoms in total. The molecule has 1 aromatic heterocycles. The Kier molecular flexibility index (Phi) is 8.80. The van der Waals surface area contributed by atoms with Crippen molar-refractivity contribution < 1.29 is 4.79 Å². The number of aryl methyl sites for hydroxylation is 4. The molecule has 1 N–H and O–H groups in total. The number of nitrogens with one attached hydrogen (secondary N) is 1. The maximum atomic E-state index is 13.1. The van der Waals surface area contributed by atoms with Crippen LogP contribution in [0, 0.1) is 27.7 Å². The average Bonchev–Trinajstić information content (AvgIpc) is 3.15. The Bertz CT molecular complexity index is 1100. The van der Waals surface area contributed by atoms with Gasteiger partial charge < -0.3 is 9.88 Å². The van der Waals surface area contributed by atoms with Crippen LogP contribution in [0.1, 0.15) is 41.4 Å². The summed E-state index contributed by atoms with van der Waals surface area (Å²) in [5.74, 6) is 1.57. The number of rotatable bonds is 10. The zero-order valence-corrected chi connectivity index (χ0v) is 21.6. The molecule has 0 saturated carbocycles. The van der Waals surface area contributed by atoms with Crippen molar-refractivity contribution in [3.8, 4) is 0 Å². The molecule has 0 radical (unpaired) electrons. The smallest absolute Gasteiger partial charge is 0.237 e. The Hall–Kier alpha value is -2.51. The summed E-state index contributed by atoms with van der Waals surface area (Å²) < 4.78 is 2.05. The lowest BCUT2D eigenvalue weighted by Gasteiger charge is -2.18. The molecule has 1 unspecified atom stereocenters. The van der Waals surface area contributed by atoms with Gasteiger partial charge in [0.05, 0.1) is 11.0 Å². The molecule has 0 aliphatic heterocycles. The van der Waals surface area contributed by atoms with Crippen molar-refractivity contribution in [3.05, 3.63) is 77.1 Å². The summed E-state index contributed by atoms with van der Waals surface area (Å²) in [6.45, 7) is 14.7. The number of benzene rings is 2. The summed E-state index contributed by atoms with van der Waals surface area (Å²) in [5, 5.41) is 12.5. The average molecular weight is 481 g/mol. The van der Waals surface area contributed by atoms with Crippen molar-refractivity contribution in [3.63, 3.8) is 0 Å². The van der Waals surface area contributed by atoms with E-state index in [0.29, 0.717) is 18.7 Å². The number of carbonyl (C=O) groups excluding carboxylic acids is 1. The molecule has 0 aliphatic carbocycles. The van der Waals surface area contributed by atoms with Gasteiger partial charge in [0, 0.05) is 17.1 Å². The van der Waals surface area contributed by atoms with Crippen LogP contribution in [0.15, 0.2) is 59.1 Å². The molecule has 2 aromatic carbocycles. The molecule has 7 heteroatoms. The standard InChI is InChI=1S/C26H32N4OS2/c1-7-13-30-23(16-32-21-11-9-17(3)10-12-21)28-29-26(30)33-22(8-2)25(31)27-24-19(5)14-18(4)15-20(24)6/h7,9-12,14-15,22H,1,8,13,16H2,2-6H3,(H,27,31). The van der Waals surface area contributed by atoms with Gasteiger partial charge in [0.1, 0.15) is 5.82 Å². The predicted molar refractivity (Wildman–Crippen MR) is 140 cm³/mol. The molecule has 0 spiro atoms. The van der Waals surface area contributed by atoms with Crippen LogP contribution in [0.3, 0.4) is 0 Å². The van der Waals surface area contributed by atoms with Crippen LogP contribution in [0.4, 0.5) is 5.69 Å². The van der Waals surface area contributed by atoms with E-state index in [4.69, 9.17) is 0 Å². The van der Waals surface area contributed by atoms with Gasteiger partial charge in [-0.3, -0.25) is 4.79 Å². The predicted octanol–water partition coefficient (Wildman–Crippen LogP) is 6.50. The monoisotopic (exact) mass is 480 g/mol. The fraction of sp³-hybridized carbons (Fsp3) is 0.346. The highest BCUT2D eigenvalue weighted by Gasteiger charge is 2.23. The van der Waals surface area contributed by atoms with E-state index in [9.17, 15) is 4.79 Å². The van der Waals surface area contributed by atoms with Crippen LogP contribution in [0.5, 0.6) is 0 Å². The first-order valence-corrected chi connectivity index (χ1v) is 13.0. The summed E-state index contributed by atoms with van der Waals surface area (Å²) in [4.78, 5) is 14.3. The van der Waals surface area contributed by atoms with Crippen LogP contribution in [-0.4, -0.2) is 25.9 Å². The second-order valence-electron chi connectivity index (χ2n) is 8.18. The van der Waals surface area contributed by atoms with Gasteiger partial charge in [0.15, 0.2) is 5.16 Å². The molecule has 33 heavy (non-hydrogen) atoms. The van der Waals surface area contributed by atoms with Crippen LogP contribution in [-0.2, 0) is 17.1 Å². The molecule has 174 valence electrons. The van der Waals surface area contributed by atoms with Gasteiger partial charge in [-0.1, -0.05) is 60.2 Å². The second kappa shape index (κ2) is 11.6. The number of allylic oxidation sites excluding steroid dienone is 1. The lowest BCUT2D eigenvalue weighted by Crippen LogP contribution is -2.26. The first kappa shape index (κ1) is 25.1. The van der Waals surface area contributed by atoms with Crippen molar-refractivity contribution in [2.75, 3.05) is 5.32 Å². The van der Waals surface area contributed by atoms with Crippen molar-refractivity contribution in [2.24, 2.45) is 0 Å². The van der Waals surface area contributed by atoms with Crippen molar-refractivity contribution in [1.29, 1.82) is 0 Å². The summed E-state index contributed by atoms with van der Waals surface area (Å²) in [6, 6.07) is 12.7. The van der Waals surface area contributed by atoms with Gasteiger partial charge in [-0.25, -0.2) is 0 Å². The summed E-state index contributed by atoms with van der Waals surface area (Å²) in [7, 11) is 0. The topological polar surface area (TPSA) is 59.8 Å². The molecule has 3 rings (SSSR count). The first-order valence-electron chi connectivity index (χ1n) is 11.1. The number of carbonyl (C=O) groups is 1. The van der Waals surface area contributed by atoms with E-state index in [0.717, 1.165) is 27.8 Å². The van der Waals surface area contributed by atoms with E-state index in [2.05, 4.69) is 76.9 Å². The summed E-state index contributed by atoms with van der Waals surface area (Å²) in [6.07, 6.45) is 2.53. The maximum Gasteiger partial charge on any atom is 0.237 e. The number of anilines is 1. The Labute approximate surface area is 205 Å². The van der Waals surface area contributed by atoms with E-state index in [1.54, 1.807) is 11.8 Å². The number of amides is 1. The molecule has 3 aromatic rings. The van der Waals surface area contributed by atoms with E-state index >= 15 is 0 Å². The third kappa shape index (κ3) is 6.51. The number of nitrogens with zero attached hydrogens (tertiary/aromatic N) is 3. The molecule has 0 aliphatic rings. The van der Waals surface area contributed by atoms with Crippen molar-refractivity contribution in [1.82, 2.24) is 14.8 Å². The van der Waals surface area contributed by atoms with Gasteiger partial charge in [0.2, 0.25) is 5.91 Å². The minimum absolute atomic E-state index is 0.0127. The molecule has 1 heterocycles. The fourth-order valence-corrected chi connectivity index (χ4v) is 5.46. The summed E-state index contributed by atoms with van der Waals surface area (Å²) in [5.41, 5.74) is 5.48. The van der Waals surface area contributed by atoms with Gasteiger partial charge in [-0.05, 0) is 57.4 Å². The van der Waals surface area contributed by atoms with Gasteiger partial charge in [-0.15, -0.1) is 28.5 Å². The SMILES string of the molecule is C=CCn1c(CSc2ccc(C)cc2)nnc1SC(CC)C(=O)Nc1c(C)cc(C)cc1C. The molecule has 0 bridgehead atoms. The zero-order chi connectivity index (χ0) is 24.0. The molecule has 0 fully saturated rings. The van der Waals surface area contributed by atoms with Crippen LogP contribution in [0.2, 0.25) is 0 Å². The highest BCUT2D eigenvalue weighted by molar-refractivity contribution is 8.00. The van der Waals surface area contributed by atoms with Crippen LogP contribution in [0.25, 0.3) is 0 Å². The molecular formula is C26H32N4OS2. The largest absolute Gasteiger partial charge is 0.325 e. The van der Waals surface area contributed by atoms with Crippen molar-refractivity contribution in [2.45, 2.75) is 68.6 Å². The molecule has 0 saturated heterocycles. The maximum absolute atomic E-state index is 13.1. The third-order valence-corrected chi connectivity index (χ3v) is 7.68. The van der Waals surface area contributed by atoms with Gasteiger partial charge in [-0.2, -0.15) is 0 Å². The lowest BCUT2D eigenvalue weighted by molar-refractivity contribution is -0.115. The van der Waals surface area contributed by atoms with Crippen LogP contribution < -0.4 is 5.32 Å². The van der Waals surface area contributed by atoms with E-state index in [1.807, 2.05) is 26.8 Å². The van der Waals surface area contributed by atoms with Crippen molar-refractivity contribution >= 4 is 35.1 Å². The summed E-state index contributed by atoms with van der Waals surface area (Å²) >= 11 is 3.19. The molecular weight excluding hydrogens is 448 g/mol. The third-order valence-electron chi connectivity index (χ3n) is 5.33. The lowest BCUT2D eigenvalue weighted by atomic mass is 10.0. The Morgan fingerprint density at radius 3 is 2.36 bits per heavy atom. The number of aromatic nitrogens is 3. The van der Waals surface area contributed by atoms with Gasteiger partial charge in [0.25, 0.3) is 0 Å². The van der Waals surface area contributed by atoms with E-state index in [1.165, 1.54) is 27.8 Å². The minimum Gasteiger partial charge on any atom is -0.325 e. The van der Waals surface area contributed by atoms with E-state index < -0.39 is 0 Å². The minimum atomic E-state index is -0.268. The highest BCUT2D eigenvalue weighted by Crippen LogP contribution is 2.30. The van der Waals surface area contributed by atoms with Crippen LogP contribution >= 0.6 is 23.5 Å². The normalized spacial score (nSPS) is 11.9.